The molecule has 0 unspecified atom stereocenters. The van der Waals surface area contributed by atoms with E-state index in [2.05, 4.69) is 15.6 Å². The number of carbonyl (C=O) groups excluding carboxylic acids is 1. The van der Waals surface area contributed by atoms with Crippen LogP contribution >= 0.6 is 23.2 Å². The van der Waals surface area contributed by atoms with E-state index in [4.69, 9.17) is 23.2 Å². The van der Waals surface area contributed by atoms with Crippen molar-refractivity contribution >= 4 is 40.5 Å². The predicted octanol–water partition coefficient (Wildman–Crippen LogP) is 5.39. The number of rotatable bonds is 4. The van der Waals surface area contributed by atoms with E-state index in [1.54, 1.807) is 30.6 Å². The number of benzene rings is 1. The molecule has 1 heterocycles. The van der Waals surface area contributed by atoms with Gasteiger partial charge in [0.2, 0.25) is 0 Å². The van der Waals surface area contributed by atoms with E-state index in [1.807, 2.05) is 6.07 Å². The second-order valence-corrected chi connectivity index (χ2v) is 6.86. The van der Waals surface area contributed by atoms with Crippen LogP contribution in [0.5, 0.6) is 0 Å². The quantitative estimate of drug-likeness (QED) is 0.765. The van der Waals surface area contributed by atoms with Gasteiger partial charge in [-0.15, -0.1) is 0 Å². The second kappa shape index (κ2) is 7.86. The molecule has 3 rings (SSSR count). The highest BCUT2D eigenvalue weighted by molar-refractivity contribution is 6.36. The molecule has 0 aliphatic heterocycles. The molecule has 0 atom stereocenters. The number of nitrogens with zero attached hydrogens (tertiary/aromatic N) is 1. The summed E-state index contributed by atoms with van der Waals surface area (Å²) in [4.78, 5) is 16.6. The van der Waals surface area contributed by atoms with Crippen molar-refractivity contribution in [2.45, 2.75) is 38.1 Å². The molecule has 1 aromatic carbocycles. The zero-order valence-electron chi connectivity index (χ0n) is 13.2. The summed E-state index contributed by atoms with van der Waals surface area (Å²) in [5.74, 6) is -0.251. The number of aromatic nitrogens is 1. The van der Waals surface area contributed by atoms with Gasteiger partial charge in [-0.05, 0) is 37.1 Å². The smallest absolute Gasteiger partial charge is 0.257 e. The molecule has 2 aromatic rings. The SMILES string of the molecule is O=C(Nc1ccc(Cl)cc1Cl)c1cncc(NC2CCCCC2)c1. The minimum Gasteiger partial charge on any atom is -0.381 e. The first kappa shape index (κ1) is 17.1. The molecule has 0 radical (unpaired) electrons. The molecule has 24 heavy (non-hydrogen) atoms. The monoisotopic (exact) mass is 363 g/mol. The Balaban J connectivity index is 1.69. The summed E-state index contributed by atoms with van der Waals surface area (Å²) >= 11 is 12.0. The van der Waals surface area contributed by atoms with E-state index in [-0.39, 0.29) is 5.91 Å². The van der Waals surface area contributed by atoms with Crippen molar-refractivity contribution in [1.29, 1.82) is 0 Å². The molecule has 2 N–H and O–H groups in total. The van der Waals surface area contributed by atoms with Crippen molar-refractivity contribution < 1.29 is 4.79 Å². The van der Waals surface area contributed by atoms with E-state index in [0.29, 0.717) is 27.3 Å². The fourth-order valence-electron chi connectivity index (χ4n) is 2.91. The van der Waals surface area contributed by atoms with Gasteiger partial charge in [-0.1, -0.05) is 42.5 Å². The first-order chi connectivity index (χ1) is 11.6. The van der Waals surface area contributed by atoms with E-state index in [1.165, 1.54) is 19.3 Å². The van der Waals surface area contributed by atoms with Crippen LogP contribution in [0.25, 0.3) is 0 Å². The van der Waals surface area contributed by atoms with E-state index < -0.39 is 0 Å². The molecule has 4 nitrogen and oxygen atoms in total. The highest BCUT2D eigenvalue weighted by Gasteiger charge is 2.14. The van der Waals surface area contributed by atoms with Crippen LogP contribution < -0.4 is 10.6 Å². The second-order valence-electron chi connectivity index (χ2n) is 6.02. The third-order valence-corrected chi connectivity index (χ3v) is 4.70. The largest absolute Gasteiger partial charge is 0.381 e. The molecule has 1 amide bonds. The van der Waals surface area contributed by atoms with E-state index in [0.717, 1.165) is 18.5 Å². The van der Waals surface area contributed by atoms with E-state index >= 15 is 0 Å². The summed E-state index contributed by atoms with van der Waals surface area (Å²) in [6.07, 6.45) is 9.43. The lowest BCUT2D eigenvalue weighted by molar-refractivity contribution is 0.102. The van der Waals surface area contributed by atoms with Crippen LogP contribution in [0.3, 0.4) is 0 Å². The van der Waals surface area contributed by atoms with Crippen LogP contribution in [0, 0.1) is 0 Å². The summed E-state index contributed by atoms with van der Waals surface area (Å²) in [6, 6.07) is 7.24. The lowest BCUT2D eigenvalue weighted by atomic mass is 9.95. The van der Waals surface area contributed by atoms with Crippen LogP contribution in [0.4, 0.5) is 11.4 Å². The summed E-state index contributed by atoms with van der Waals surface area (Å²) < 4.78 is 0. The highest BCUT2D eigenvalue weighted by atomic mass is 35.5. The maximum absolute atomic E-state index is 12.4. The summed E-state index contributed by atoms with van der Waals surface area (Å²) in [6.45, 7) is 0. The van der Waals surface area contributed by atoms with Crippen molar-refractivity contribution in [2.75, 3.05) is 10.6 Å². The van der Waals surface area contributed by atoms with Gasteiger partial charge in [0.05, 0.1) is 22.0 Å². The van der Waals surface area contributed by atoms with Crippen LogP contribution in [0.15, 0.2) is 36.7 Å². The van der Waals surface area contributed by atoms with Gasteiger partial charge < -0.3 is 10.6 Å². The molecule has 1 aromatic heterocycles. The van der Waals surface area contributed by atoms with Crippen molar-refractivity contribution in [3.05, 3.63) is 52.3 Å². The Hall–Kier alpha value is -1.78. The summed E-state index contributed by atoms with van der Waals surface area (Å²) in [5.41, 5.74) is 1.88. The number of pyridine rings is 1. The lowest BCUT2D eigenvalue weighted by Crippen LogP contribution is -2.22. The Kier molecular flexibility index (Phi) is 5.59. The third kappa shape index (κ3) is 4.40. The van der Waals surface area contributed by atoms with Gasteiger partial charge in [0.25, 0.3) is 5.91 Å². The van der Waals surface area contributed by atoms with Crippen molar-refractivity contribution in [3.63, 3.8) is 0 Å². The third-order valence-electron chi connectivity index (χ3n) is 4.16. The first-order valence-electron chi connectivity index (χ1n) is 8.10. The molecule has 0 spiro atoms. The Morgan fingerprint density at radius 3 is 2.62 bits per heavy atom. The van der Waals surface area contributed by atoms with Crippen LogP contribution in [0.1, 0.15) is 42.5 Å². The first-order valence-corrected chi connectivity index (χ1v) is 8.85. The fourth-order valence-corrected chi connectivity index (χ4v) is 3.37. The molecule has 1 fully saturated rings. The van der Waals surface area contributed by atoms with Crippen molar-refractivity contribution in [2.24, 2.45) is 0 Å². The van der Waals surface area contributed by atoms with Gasteiger partial charge in [-0.25, -0.2) is 0 Å². The zero-order chi connectivity index (χ0) is 16.9. The predicted molar refractivity (Wildman–Crippen MR) is 99.1 cm³/mol. The van der Waals surface area contributed by atoms with E-state index in [9.17, 15) is 4.79 Å². The Morgan fingerprint density at radius 1 is 1.08 bits per heavy atom. The number of amides is 1. The normalized spacial score (nSPS) is 15.1. The topological polar surface area (TPSA) is 54.0 Å². The molecule has 1 aliphatic carbocycles. The van der Waals surface area contributed by atoms with Gasteiger partial charge in [0.15, 0.2) is 0 Å². The van der Waals surface area contributed by atoms with Gasteiger partial charge in [0.1, 0.15) is 0 Å². The Morgan fingerprint density at radius 2 is 1.88 bits per heavy atom. The van der Waals surface area contributed by atoms with Gasteiger partial charge in [-0.2, -0.15) is 0 Å². The lowest BCUT2D eigenvalue weighted by Gasteiger charge is -2.23. The molecule has 0 bridgehead atoms. The average molecular weight is 364 g/mol. The Bertz CT molecular complexity index is 730. The summed E-state index contributed by atoms with van der Waals surface area (Å²) in [5, 5.41) is 7.19. The van der Waals surface area contributed by atoms with Crippen molar-refractivity contribution in [1.82, 2.24) is 4.98 Å². The molecule has 126 valence electrons. The van der Waals surface area contributed by atoms with Crippen LogP contribution in [-0.4, -0.2) is 16.9 Å². The molecule has 1 aliphatic rings. The number of hydrogen-bond donors (Lipinski definition) is 2. The molecular formula is C18H19Cl2N3O. The van der Waals surface area contributed by atoms with Crippen LogP contribution in [0.2, 0.25) is 10.0 Å². The zero-order valence-corrected chi connectivity index (χ0v) is 14.7. The maximum atomic E-state index is 12.4. The average Bonchev–Trinajstić information content (AvgIpc) is 2.58. The molecule has 0 saturated heterocycles. The minimum atomic E-state index is -0.251. The number of hydrogen-bond acceptors (Lipinski definition) is 3. The Labute approximate surface area is 151 Å². The molecule has 6 heteroatoms. The van der Waals surface area contributed by atoms with Gasteiger partial charge in [0, 0.05) is 23.5 Å². The molecule has 1 saturated carbocycles. The summed E-state index contributed by atoms with van der Waals surface area (Å²) in [7, 11) is 0. The molecular weight excluding hydrogens is 345 g/mol. The van der Waals surface area contributed by atoms with Crippen LogP contribution in [-0.2, 0) is 0 Å². The minimum absolute atomic E-state index is 0.251. The highest BCUT2D eigenvalue weighted by Crippen LogP contribution is 2.26. The number of carbonyl (C=O) groups is 1. The maximum Gasteiger partial charge on any atom is 0.257 e. The fraction of sp³-hybridized carbons (Fsp3) is 0.333. The number of nitrogens with one attached hydrogen (secondary N) is 2. The number of halogens is 2. The van der Waals surface area contributed by atoms with Gasteiger partial charge in [-0.3, -0.25) is 9.78 Å². The van der Waals surface area contributed by atoms with Gasteiger partial charge >= 0.3 is 0 Å². The van der Waals surface area contributed by atoms with Crippen molar-refractivity contribution in [3.8, 4) is 0 Å². The standard InChI is InChI=1S/C18H19Cl2N3O/c19-13-6-7-17(16(20)9-13)23-18(24)12-8-15(11-21-10-12)22-14-4-2-1-3-5-14/h6-11,14,22H,1-5H2,(H,23,24). The number of anilines is 2.